The van der Waals surface area contributed by atoms with Gasteiger partial charge >= 0.3 is 0 Å². The number of benzene rings is 2. The van der Waals surface area contributed by atoms with E-state index in [1.807, 2.05) is 6.07 Å². The van der Waals surface area contributed by atoms with Gasteiger partial charge in [0.2, 0.25) is 10.0 Å². The van der Waals surface area contributed by atoms with Crippen molar-refractivity contribution in [2.24, 2.45) is 0 Å². The number of carbonyl (C=O) groups is 1. The van der Waals surface area contributed by atoms with Crippen LogP contribution in [0.2, 0.25) is 0 Å². The summed E-state index contributed by atoms with van der Waals surface area (Å²) in [5.74, 6) is 0.316. The molecule has 4 rings (SSSR count). The first-order valence-corrected chi connectivity index (χ1v) is 12.7. The number of nitrogens with one attached hydrogen (secondary N) is 1. The van der Waals surface area contributed by atoms with E-state index >= 15 is 0 Å². The lowest BCUT2D eigenvalue weighted by Gasteiger charge is -2.43. The minimum atomic E-state index is -4.17. The van der Waals surface area contributed by atoms with Crippen LogP contribution in [-0.2, 0) is 14.8 Å². The van der Waals surface area contributed by atoms with Crippen LogP contribution in [0.1, 0.15) is 13.8 Å². The van der Waals surface area contributed by atoms with Crippen LogP contribution >= 0.6 is 11.8 Å². The molecule has 0 saturated carbocycles. The summed E-state index contributed by atoms with van der Waals surface area (Å²) in [7, 11) is -4.17. The van der Waals surface area contributed by atoms with Crippen LogP contribution in [0.3, 0.4) is 0 Å². The van der Waals surface area contributed by atoms with Gasteiger partial charge < -0.3 is 9.15 Å². The predicted molar refractivity (Wildman–Crippen MR) is 125 cm³/mol. The Labute approximate surface area is 196 Å². The highest BCUT2D eigenvalue weighted by molar-refractivity contribution is 8.01. The Balaban J connectivity index is 1.82. The van der Waals surface area contributed by atoms with E-state index in [1.54, 1.807) is 68.1 Å². The highest BCUT2D eigenvalue weighted by atomic mass is 32.2. The fourth-order valence-corrected chi connectivity index (χ4v) is 7.08. The third-order valence-corrected chi connectivity index (χ3v) is 8.70. The van der Waals surface area contributed by atoms with Crippen LogP contribution in [0.25, 0.3) is 11.1 Å². The van der Waals surface area contributed by atoms with Crippen molar-refractivity contribution in [1.82, 2.24) is 9.79 Å². The van der Waals surface area contributed by atoms with E-state index < -0.39 is 26.7 Å². The Morgan fingerprint density at radius 1 is 1.18 bits per heavy atom. The third-order valence-electron chi connectivity index (χ3n) is 5.45. The van der Waals surface area contributed by atoms with Gasteiger partial charge in [0.05, 0.1) is 12.5 Å². The molecule has 1 aliphatic rings. The van der Waals surface area contributed by atoms with Crippen molar-refractivity contribution in [2.45, 2.75) is 29.5 Å². The van der Waals surface area contributed by atoms with Crippen LogP contribution in [0.15, 0.2) is 76.4 Å². The zero-order valence-corrected chi connectivity index (χ0v) is 19.7. The first-order chi connectivity index (χ1) is 15.7. The van der Waals surface area contributed by atoms with Crippen LogP contribution in [0.5, 0.6) is 11.5 Å². The molecule has 1 fully saturated rings. The average molecular weight is 489 g/mol. The molecule has 174 valence electrons. The molecule has 1 saturated heterocycles. The zero-order valence-electron chi connectivity index (χ0n) is 18.1. The molecule has 0 radical (unpaired) electrons. The van der Waals surface area contributed by atoms with E-state index in [9.17, 15) is 18.4 Å². The number of ether oxygens (including phenoxy) is 1. The number of rotatable bonds is 6. The van der Waals surface area contributed by atoms with Crippen molar-refractivity contribution >= 4 is 27.7 Å². The normalized spacial score (nSPS) is 18.6. The molecule has 2 N–H and O–H groups in total. The smallest absolute Gasteiger partial charge is 0.263 e. The SMILES string of the molecule is CC1(C)SCCN(S(=O)(=O)c2ccc(-c3ccoc3)cc2Oc2ccccc2)[C@@H]1C(=O)NO. The molecule has 33 heavy (non-hydrogen) atoms. The molecule has 1 aromatic heterocycles. The van der Waals surface area contributed by atoms with Crippen LogP contribution in [0, 0.1) is 0 Å². The molecule has 10 heteroatoms. The monoisotopic (exact) mass is 488 g/mol. The quantitative estimate of drug-likeness (QED) is 0.397. The summed E-state index contributed by atoms with van der Waals surface area (Å²) in [5, 5.41) is 9.30. The topological polar surface area (TPSA) is 109 Å². The van der Waals surface area contributed by atoms with Gasteiger partial charge in [-0.15, -0.1) is 0 Å². The summed E-state index contributed by atoms with van der Waals surface area (Å²) in [4.78, 5) is 12.5. The standard InChI is InChI=1S/C23H24N2O6S2/c1-23(2)21(22(26)24-27)25(11-13-32-23)33(28,29)20-9-8-16(17-10-12-30-15-17)14-19(20)31-18-6-4-3-5-7-18/h3-10,12,14-15,21,27H,11,13H2,1-2H3,(H,24,26)/t21-/m1/s1. The summed E-state index contributed by atoms with van der Waals surface area (Å²) < 4.78 is 39.3. The van der Waals surface area contributed by atoms with Gasteiger partial charge in [0.15, 0.2) is 0 Å². The molecule has 8 nitrogen and oxygen atoms in total. The second-order valence-corrected chi connectivity index (χ2v) is 11.6. The summed E-state index contributed by atoms with van der Waals surface area (Å²) >= 11 is 1.48. The zero-order chi connectivity index (χ0) is 23.6. The van der Waals surface area contributed by atoms with Crippen LogP contribution in [-0.4, -0.2) is 46.9 Å². The number of sulfonamides is 1. The molecule has 1 aliphatic heterocycles. The molecule has 0 aliphatic carbocycles. The summed E-state index contributed by atoms with van der Waals surface area (Å²) in [6.45, 7) is 3.67. The fourth-order valence-electron chi connectivity index (χ4n) is 3.87. The fraction of sp³-hybridized carbons (Fsp3) is 0.261. The van der Waals surface area contributed by atoms with E-state index in [-0.39, 0.29) is 17.2 Å². The van der Waals surface area contributed by atoms with Gasteiger partial charge in [0, 0.05) is 22.6 Å². The Morgan fingerprint density at radius 2 is 1.94 bits per heavy atom. The van der Waals surface area contributed by atoms with E-state index in [2.05, 4.69) is 0 Å². The Kier molecular flexibility index (Phi) is 6.53. The van der Waals surface area contributed by atoms with Gasteiger partial charge in [-0.2, -0.15) is 16.1 Å². The number of para-hydroxylation sites is 1. The number of nitrogens with zero attached hydrogens (tertiary/aromatic N) is 1. The average Bonchev–Trinajstić information content (AvgIpc) is 3.33. The van der Waals surface area contributed by atoms with Gasteiger partial charge in [-0.05, 0) is 49.7 Å². The maximum atomic E-state index is 13.9. The van der Waals surface area contributed by atoms with Crippen molar-refractivity contribution in [1.29, 1.82) is 0 Å². The van der Waals surface area contributed by atoms with Gasteiger partial charge in [0.25, 0.3) is 5.91 Å². The molecular formula is C23H24N2O6S2. The Hall–Kier alpha value is -2.79. The molecule has 2 aromatic carbocycles. The molecule has 0 unspecified atom stereocenters. The van der Waals surface area contributed by atoms with E-state index in [1.165, 1.54) is 24.1 Å². The summed E-state index contributed by atoms with van der Waals surface area (Å²) in [6.07, 6.45) is 3.09. The lowest BCUT2D eigenvalue weighted by molar-refractivity contribution is -0.134. The number of thioether (sulfide) groups is 1. The Bertz CT molecular complexity index is 1230. The van der Waals surface area contributed by atoms with E-state index in [0.29, 0.717) is 17.1 Å². The second-order valence-electron chi connectivity index (χ2n) is 8.03. The number of carbonyl (C=O) groups excluding carboxylic acids is 1. The van der Waals surface area contributed by atoms with Crippen molar-refractivity contribution in [3.8, 4) is 22.6 Å². The molecule has 3 aromatic rings. The molecule has 1 atom stereocenters. The molecule has 2 heterocycles. The number of hydrogen-bond donors (Lipinski definition) is 2. The number of hydrogen-bond acceptors (Lipinski definition) is 7. The molecule has 0 bridgehead atoms. The van der Waals surface area contributed by atoms with Gasteiger partial charge in [-0.25, -0.2) is 13.9 Å². The minimum Gasteiger partial charge on any atom is -0.472 e. The number of hydroxylamine groups is 1. The van der Waals surface area contributed by atoms with Crippen molar-refractivity contribution < 1.29 is 27.6 Å². The lowest BCUT2D eigenvalue weighted by Crippen LogP contribution is -2.61. The molecular weight excluding hydrogens is 464 g/mol. The van der Waals surface area contributed by atoms with Crippen LogP contribution < -0.4 is 10.2 Å². The Morgan fingerprint density at radius 3 is 2.61 bits per heavy atom. The van der Waals surface area contributed by atoms with Gasteiger partial charge in [0.1, 0.15) is 22.4 Å². The molecule has 0 spiro atoms. The first kappa shape index (κ1) is 23.4. The van der Waals surface area contributed by atoms with E-state index in [4.69, 9.17) is 9.15 Å². The summed E-state index contributed by atoms with van der Waals surface area (Å²) in [5.41, 5.74) is 3.11. The third kappa shape index (κ3) is 4.65. The van der Waals surface area contributed by atoms with Crippen LogP contribution in [0.4, 0.5) is 0 Å². The summed E-state index contributed by atoms with van der Waals surface area (Å²) in [6, 6.07) is 14.3. The molecule has 1 amide bonds. The number of amides is 1. The van der Waals surface area contributed by atoms with Gasteiger partial charge in [-0.1, -0.05) is 24.3 Å². The largest absolute Gasteiger partial charge is 0.472 e. The highest BCUT2D eigenvalue weighted by Gasteiger charge is 2.48. The maximum Gasteiger partial charge on any atom is 0.263 e. The maximum absolute atomic E-state index is 13.9. The highest BCUT2D eigenvalue weighted by Crippen LogP contribution is 2.41. The predicted octanol–water partition coefficient (Wildman–Crippen LogP) is 4.13. The second kappa shape index (κ2) is 9.22. The van der Waals surface area contributed by atoms with E-state index in [0.717, 1.165) is 9.87 Å². The van der Waals surface area contributed by atoms with Crippen molar-refractivity contribution in [2.75, 3.05) is 12.3 Å². The first-order valence-electron chi connectivity index (χ1n) is 10.2. The van der Waals surface area contributed by atoms with Crippen molar-refractivity contribution in [3.05, 3.63) is 67.1 Å². The lowest BCUT2D eigenvalue weighted by atomic mass is 10.0. The van der Waals surface area contributed by atoms with Gasteiger partial charge in [-0.3, -0.25) is 10.0 Å². The van der Waals surface area contributed by atoms with Crippen molar-refractivity contribution in [3.63, 3.8) is 0 Å². The number of furan rings is 1. The minimum absolute atomic E-state index is 0.0722.